The zero-order valence-corrected chi connectivity index (χ0v) is 9.99. The normalized spacial score (nSPS) is 10.6. The van der Waals surface area contributed by atoms with Crippen LogP contribution in [0.15, 0.2) is 18.2 Å². The molecule has 0 fully saturated rings. The number of nitrogens with two attached hydrogens (primary N) is 1. The molecular weight excluding hydrogens is 221 g/mol. The van der Waals surface area contributed by atoms with Crippen molar-refractivity contribution in [2.45, 2.75) is 6.92 Å². The van der Waals surface area contributed by atoms with Gasteiger partial charge in [0.05, 0.1) is 12.8 Å². The van der Waals surface area contributed by atoms with Gasteiger partial charge in [0.25, 0.3) is 0 Å². The molecule has 17 heavy (non-hydrogen) atoms. The van der Waals surface area contributed by atoms with E-state index < -0.39 is 0 Å². The summed E-state index contributed by atoms with van der Waals surface area (Å²) in [5.74, 6) is 0.817. The molecule has 0 aliphatic rings. The standard InChI is InChI=1S/C12H14FN3O/c1-7-8(13)4-5-10(17-3)12(7)9-6-11(14)16(2)15-9/h4-6H,14H2,1-3H3. The zero-order chi connectivity index (χ0) is 12.6. The molecule has 0 aliphatic heterocycles. The van der Waals surface area contributed by atoms with Crippen molar-refractivity contribution in [2.75, 3.05) is 12.8 Å². The lowest BCUT2D eigenvalue weighted by Crippen LogP contribution is -1.97. The van der Waals surface area contributed by atoms with Crippen LogP contribution >= 0.6 is 0 Å². The minimum Gasteiger partial charge on any atom is -0.496 e. The van der Waals surface area contributed by atoms with Gasteiger partial charge in [-0.2, -0.15) is 5.10 Å². The molecule has 1 aromatic carbocycles. The molecule has 0 aliphatic carbocycles. The molecule has 1 heterocycles. The number of aryl methyl sites for hydroxylation is 1. The summed E-state index contributed by atoms with van der Waals surface area (Å²) >= 11 is 0. The maximum atomic E-state index is 13.6. The number of nitrogen functional groups attached to an aromatic ring is 1. The molecular formula is C12H14FN3O. The van der Waals surface area contributed by atoms with Gasteiger partial charge in [0, 0.05) is 18.7 Å². The van der Waals surface area contributed by atoms with E-state index in [4.69, 9.17) is 10.5 Å². The van der Waals surface area contributed by atoms with Gasteiger partial charge < -0.3 is 10.5 Å². The van der Waals surface area contributed by atoms with Crippen molar-refractivity contribution >= 4 is 5.82 Å². The predicted octanol–water partition coefficient (Wildman–Crippen LogP) is 2.13. The first-order valence-electron chi connectivity index (χ1n) is 5.17. The van der Waals surface area contributed by atoms with E-state index in [2.05, 4.69) is 5.10 Å². The van der Waals surface area contributed by atoms with E-state index in [9.17, 15) is 4.39 Å². The lowest BCUT2D eigenvalue weighted by molar-refractivity contribution is 0.414. The van der Waals surface area contributed by atoms with Crippen LogP contribution < -0.4 is 10.5 Å². The lowest BCUT2D eigenvalue weighted by Gasteiger charge is -2.09. The largest absolute Gasteiger partial charge is 0.496 e. The first-order valence-corrected chi connectivity index (χ1v) is 5.17. The number of rotatable bonds is 2. The maximum absolute atomic E-state index is 13.6. The number of hydrogen-bond donors (Lipinski definition) is 1. The summed E-state index contributed by atoms with van der Waals surface area (Å²) < 4.78 is 20.3. The van der Waals surface area contributed by atoms with Crippen LogP contribution in [0.25, 0.3) is 11.3 Å². The molecule has 0 saturated carbocycles. The van der Waals surface area contributed by atoms with Gasteiger partial charge in [-0.3, -0.25) is 4.68 Å². The van der Waals surface area contributed by atoms with Gasteiger partial charge in [0.1, 0.15) is 17.4 Å². The van der Waals surface area contributed by atoms with Crippen LogP contribution in [0, 0.1) is 12.7 Å². The van der Waals surface area contributed by atoms with Crippen molar-refractivity contribution in [2.24, 2.45) is 7.05 Å². The van der Waals surface area contributed by atoms with Gasteiger partial charge in [-0.05, 0) is 24.6 Å². The highest BCUT2D eigenvalue weighted by atomic mass is 19.1. The van der Waals surface area contributed by atoms with Gasteiger partial charge >= 0.3 is 0 Å². The highest BCUT2D eigenvalue weighted by Gasteiger charge is 2.16. The van der Waals surface area contributed by atoms with Crippen molar-refractivity contribution in [3.8, 4) is 17.0 Å². The predicted molar refractivity (Wildman–Crippen MR) is 64.3 cm³/mol. The summed E-state index contributed by atoms with van der Waals surface area (Å²) in [6.45, 7) is 1.69. The summed E-state index contributed by atoms with van der Waals surface area (Å²) in [7, 11) is 3.28. The van der Waals surface area contributed by atoms with Crippen LogP contribution in [0.4, 0.5) is 10.2 Å². The van der Waals surface area contributed by atoms with Gasteiger partial charge in [0.2, 0.25) is 0 Å². The Morgan fingerprint density at radius 1 is 1.41 bits per heavy atom. The zero-order valence-electron chi connectivity index (χ0n) is 9.99. The molecule has 0 spiro atoms. The molecule has 2 N–H and O–H groups in total. The molecule has 4 nitrogen and oxygen atoms in total. The number of methoxy groups -OCH3 is 1. The van der Waals surface area contributed by atoms with Crippen LogP contribution in [0.2, 0.25) is 0 Å². The van der Waals surface area contributed by atoms with E-state index in [1.807, 2.05) is 0 Å². The number of benzene rings is 1. The second-order valence-electron chi connectivity index (χ2n) is 3.83. The van der Waals surface area contributed by atoms with Crippen LogP contribution in [0.3, 0.4) is 0 Å². The lowest BCUT2D eigenvalue weighted by atomic mass is 10.0. The Morgan fingerprint density at radius 2 is 2.12 bits per heavy atom. The van der Waals surface area contributed by atoms with Crippen LogP contribution in [0.1, 0.15) is 5.56 Å². The van der Waals surface area contributed by atoms with Crippen molar-refractivity contribution < 1.29 is 9.13 Å². The molecule has 0 amide bonds. The molecule has 0 bridgehead atoms. The number of aromatic nitrogens is 2. The topological polar surface area (TPSA) is 53.1 Å². The van der Waals surface area contributed by atoms with Crippen molar-refractivity contribution in [3.05, 3.63) is 29.6 Å². The van der Waals surface area contributed by atoms with Crippen molar-refractivity contribution in [1.82, 2.24) is 9.78 Å². The molecule has 2 aromatic rings. The molecule has 5 heteroatoms. The summed E-state index contributed by atoms with van der Waals surface area (Å²) in [5.41, 5.74) is 7.47. The smallest absolute Gasteiger partial charge is 0.128 e. The van der Waals surface area contributed by atoms with E-state index in [0.717, 1.165) is 0 Å². The van der Waals surface area contributed by atoms with Gasteiger partial charge in [-0.25, -0.2) is 4.39 Å². The second-order valence-corrected chi connectivity index (χ2v) is 3.83. The Labute approximate surface area is 98.8 Å². The molecule has 90 valence electrons. The van der Waals surface area contributed by atoms with E-state index in [0.29, 0.717) is 28.4 Å². The Balaban J connectivity index is 2.68. The molecule has 0 unspecified atom stereocenters. The average molecular weight is 235 g/mol. The third-order valence-corrected chi connectivity index (χ3v) is 2.75. The van der Waals surface area contributed by atoms with E-state index in [1.165, 1.54) is 6.07 Å². The van der Waals surface area contributed by atoms with E-state index >= 15 is 0 Å². The monoisotopic (exact) mass is 235 g/mol. The molecule has 1 aromatic heterocycles. The molecule has 2 rings (SSSR count). The van der Waals surface area contributed by atoms with Crippen LogP contribution in [-0.4, -0.2) is 16.9 Å². The van der Waals surface area contributed by atoms with Crippen LogP contribution in [0.5, 0.6) is 5.75 Å². The van der Waals surface area contributed by atoms with Gasteiger partial charge in [-0.15, -0.1) is 0 Å². The Bertz CT molecular complexity index is 544. The summed E-state index contributed by atoms with van der Waals surface area (Å²) in [6.07, 6.45) is 0. The molecule has 0 radical (unpaired) electrons. The first kappa shape index (κ1) is 11.4. The number of halogens is 1. The van der Waals surface area contributed by atoms with Gasteiger partial charge in [0.15, 0.2) is 0 Å². The Morgan fingerprint density at radius 3 is 2.65 bits per heavy atom. The minimum atomic E-state index is -0.287. The highest BCUT2D eigenvalue weighted by Crippen LogP contribution is 2.34. The summed E-state index contributed by atoms with van der Waals surface area (Å²) in [5, 5.41) is 4.24. The average Bonchev–Trinajstić information content (AvgIpc) is 2.62. The minimum absolute atomic E-state index is 0.287. The fourth-order valence-electron chi connectivity index (χ4n) is 1.75. The van der Waals surface area contributed by atoms with Gasteiger partial charge in [-0.1, -0.05) is 0 Å². The van der Waals surface area contributed by atoms with Crippen molar-refractivity contribution in [1.29, 1.82) is 0 Å². The van der Waals surface area contributed by atoms with E-state index in [1.54, 1.807) is 37.9 Å². The fourth-order valence-corrected chi connectivity index (χ4v) is 1.75. The quantitative estimate of drug-likeness (QED) is 0.867. The Hall–Kier alpha value is -2.04. The third kappa shape index (κ3) is 1.84. The van der Waals surface area contributed by atoms with Crippen LogP contribution in [-0.2, 0) is 7.05 Å². The van der Waals surface area contributed by atoms with Crippen molar-refractivity contribution in [3.63, 3.8) is 0 Å². The number of hydrogen-bond acceptors (Lipinski definition) is 3. The Kier molecular flexibility index (Phi) is 2.75. The molecule has 0 saturated heterocycles. The summed E-state index contributed by atoms with van der Waals surface area (Å²) in [6, 6.07) is 4.66. The third-order valence-electron chi connectivity index (χ3n) is 2.75. The second kappa shape index (κ2) is 4.08. The number of ether oxygens (including phenoxy) is 1. The SMILES string of the molecule is COc1ccc(F)c(C)c1-c1cc(N)n(C)n1. The highest BCUT2D eigenvalue weighted by molar-refractivity contribution is 5.72. The number of nitrogens with zero attached hydrogens (tertiary/aromatic N) is 2. The maximum Gasteiger partial charge on any atom is 0.128 e. The summed E-state index contributed by atoms with van der Waals surface area (Å²) in [4.78, 5) is 0. The van der Waals surface area contributed by atoms with E-state index in [-0.39, 0.29) is 5.82 Å². The molecule has 0 atom stereocenters. The fraction of sp³-hybridized carbons (Fsp3) is 0.250. The number of anilines is 1. The first-order chi connectivity index (χ1) is 8.04.